The van der Waals surface area contributed by atoms with Gasteiger partial charge in [0.2, 0.25) is 0 Å². The fourth-order valence-electron chi connectivity index (χ4n) is 16.6. The molecule has 1 N–H and O–H groups in total. The summed E-state index contributed by atoms with van der Waals surface area (Å²) in [4.78, 5) is 105. The lowest BCUT2D eigenvalue weighted by atomic mass is 9.84. The summed E-state index contributed by atoms with van der Waals surface area (Å²) in [6.45, 7) is 9.49. The Morgan fingerprint density at radius 1 is 0.393 bits per heavy atom. The zero-order valence-electron chi connectivity index (χ0n) is 66.1. The summed E-state index contributed by atoms with van der Waals surface area (Å²) >= 11 is 0. The molecular formula is C94H103N7O11. The van der Waals surface area contributed by atoms with Gasteiger partial charge in [0, 0.05) is 174 Å². The maximum absolute atomic E-state index is 12.1. The number of benzene rings is 4. The Kier molecular flexibility index (Phi) is 25.6. The van der Waals surface area contributed by atoms with Crippen molar-refractivity contribution < 1.29 is 33.4 Å². The maximum Gasteiger partial charge on any atom is 0.253 e. The summed E-state index contributed by atoms with van der Waals surface area (Å²) in [6.07, 6.45) is 33.0. The van der Waals surface area contributed by atoms with Gasteiger partial charge in [0.25, 0.3) is 22.2 Å². The molecule has 0 unspecified atom stereocenters. The van der Waals surface area contributed by atoms with Gasteiger partial charge in [-0.05, 0) is 235 Å². The molecule has 6 aromatic heterocycles. The van der Waals surface area contributed by atoms with Crippen LogP contribution in [0.25, 0.3) is 44.5 Å². The van der Waals surface area contributed by atoms with Crippen molar-refractivity contribution in [1.82, 2.24) is 33.6 Å². The van der Waals surface area contributed by atoms with Crippen LogP contribution in [0.15, 0.2) is 166 Å². The molecule has 2 fully saturated rings. The number of rotatable bonds is 16. The van der Waals surface area contributed by atoms with E-state index in [2.05, 4.69) is 51.7 Å². The Balaban J connectivity index is 0.000000131. The van der Waals surface area contributed by atoms with E-state index < -0.39 is 0 Å². The van der Waals surface area contributed by atoms with Crippen molar-refractivity contribution in [2.75, 3.05) is 0 Å². The van der Waals surface area contributed by atoms with Gasteiger partial charge in [-0.2, -0.15) is 0 Å². The summed E-state index contributed by atoms with van der Waals surface area (Å²) in [6, 6.07) is 34.9. The topological polar surface area (TPSA) is 222 Å². The van der Waals surface area contributed by atoms with Gasteiger partial charge in [-0.3, -0.25) is 48.3 Å². The van der Waals surface area contributed by atoms with Gasteiger partial charge in [-0.25, -0.2) is 0 Å². The third-order valence-electron chi connectivity index (χ3n) is 22.9. The molecule has 580 valence electrons. The first kappa shape index (κ1) is 79.3. The minimum atomic E-state index is -0.000989. The molecule has 0 amide bonds. The third-order valence-corrected chi connectivity index (χ3v) is 22.9. The van der Waals surface area contributed by atoms with E-state index >= 15 is 0 Å². The van der Waals surface area contributed by atoms with Crippen molar-refractivity contribution in [3.8, 4) is 56.0 Å². The van der Waals surface area contributed by atoms with Crippen molar-refractivity contribution in [3.05, 3.63) is 277 Å². The number of nitrogens with zero attached hydrogens (tertiary/aromatic N) is 6. The van der Waals surface area contributed by atoms with E-state index in [9.17, 15) is 38.4 Å². The SMILES string of the molecule is Cc1cc(-c2cc3c(c(CNC4CCCCC4)c2)CC(=O)CC3)cn(C)c1=O.Cc1cc(-c2cc3c(c(COC4CCCCC4)c2)CC(=O)CC3)cn(C)c1=O.Cc1cc(-c2cc3c(c(OCc4ccccn4)c2)CC(=O)CC3)cn(C)c1=O.Cc1cc(-c2cc3c(c(OCc4cccnc4)c2)CC(=O)CC3)cn(C)c1=O. The number of carbonyl (C=O) groups excluding carboxylic acids is 4. The Morgan fingerprint density at radius 2 is 0.795 bits per heavy atom. The molecule has 4 aromatic carbocycles. The lowest BCUT2D eigenvalue weighted by Gasteiger charge is -2.25. The molecule has 10 aromatic rings. The van der Waals surface area contributed by atoms with E-state index in [0.717, 1.165) is 150 Å². The molecule has 0 saturated heterocycles. The highest BCUT2D eigenvalue weighted by atomic mass is 16.5. The van der Waals surface area contributed by atoms with E-state index in [0.29, 0.717) is 112 Å². The molecule has 0 radical (unpaired) electrons. The molecule has 18 heteroatoms. The molecule has 6 aliphatic rings. The predicted molar refractivity (Wildman–Crippen MR) is 438 cm³/mol. The fraction of sp³-hybridized carbons (Fsp3) is 0.383. The van der Waals surface area contributed by atoms with E-state index in [-0.39, 0.29) is 33.8 Å². The Morgan fingerprint density at radius 3 is 1.21 bits per heavy atom. The predicted octanol–water partition coefficient (Wildman–Crippen LogP) is 14.9. The van der Waals surface area contributed by atoms with Crippen LogP contribution in [0.2, 0.25) is 0 Å². The Bertz CT molecular complexity index is 5000. The van der Waals surface area contributed by atoms with Gasteiger partial charge >= 0.3 is 0 Å². The zero-order valence-corrected chi connectivity index (χ0v) is 66.1. The number of ketones is 4. The highest BCUT2D eigenvalue weighted by Crippen LogP contribution is 2.39. The third kappa shape index (κ3) is 19.5. The molecule has 0 spiro atoms. The number of carbonyl (C=O) groups is 4. The van der Waals surface area contributed by atoms with Gasteiger partial charge in [-0.1, -0.05) is 74.9 Å². The number of fused-ring (bicyclic) bond motifs is 4. The lowest BCUT2D eigenvalue weighted by Crippen LogP contribution is -2.31. The summed E-state index contributed by atoms with van der Waals surface area (Å²) < 4.78 is 25.0. The number of hydrogen-bond acceptors (Lipinski definition) is 14. The highest BCUT2D eigenvalue weighted by molar-refractivity contribution is 5.87. The normalized spacial score (nSPS) is 15.4. The number of ether oxygens (including phenoxy) is 3. The van der Waals surface area contributed by atoms with Gasteiger partial charge in [0.15, 0.2) is 0 Å². The molecule has 6 aliphatic carbocycles. The molecule has 0 aliphatic heterocycles. The number of aryl methyl sites for hydroxylation is 12. The highest BCUT2D eigenvalue weighted by Gasteiger charge is 2.27. The summed E-state index contributed by atoms with van der Waals surface area (Å²) in [7, 11) is 7.12. The van der Waals surface area contributed by atoms with Crippen LogP contribution in [-0.2, 0) is 130 Å². The largest absolute Gasteiger partial charge is 0.489 e. The molecule has 112 heavy (non-hydrogen) atoms. The molecule has 0 bridgehead atoms. The fourth-order valence-corrected chi connectivity index (χ4v) is 16.6. The Labute approximate surface area is 655 Å². The van der Waals surface area contributed by atoms with Crippen LogP contribution in [0.1, 0.15) is 179 Å². The minimum Gasteiger partial charge on any atom is -0.489 e. The number of hydrogen-bond donors (Lipinski definition) is 1. The Hall–Kier alpha value is -10.8. The molecule has 18 nitrogen and oxygen atoms in total. The maximum atomic E-state index is 12.1. The first-order valence-electron chi connectivity index (χ1n) is 39.8. The van der Waals surface area contributed by atoms with Crippen LogP contribution in [0.4, 0.5) is 0 Å². The summed E-state index contributed by atoms with van der Waals surface area (Å²) in [5.41, 5.74) is 24.6. The van der Waals surface area contributed by atoms with Gasteiger partial charge in [0.1, 0.15) is 47.8 Å². The van der Waals surface area contributed by atoms with Crippen LogP contribution >= 0.6 is 0 Å². The van der Waals surface area contributed by atoms with E-state index in [1.807, 2.05) is 119 Å². The second kappa shape index (κ2) is 36.1. The average molecular weight is 1510 g/mol. The van der Waals surface area contributed by atoms with Crippen molar-refractivity contribution in [2.45, 2.75) is 207 Å². The second-order valence-electron chi connectivity index (χ2n) is 31.5. The van der Waals surface area contributed by atoms with Crippen LogP contribution in [-0.4, -0.2) is 63.5 Å². The number of nitrogens with one attached hydrogen (secondary N) is 1. The average Bonchev–Trinajstić information content (AvgIpc) is 0.798. The van der Waals surface area contributed by atoms with Crippen LogP contribution in [0, 0.1) is 27.7 Å². The van der Waals surface area contributed by atoms with Crippen molar-refractivity contribution >= 4 is 23.1 Å². The van der Waals surface area contributed by atoms with Crippen LogP contribution in [0.3, 0.4) is 0 Å². The first-order valence-corrected chi connectivity index (χ1v) is 39.8. The number of aromatic nitrogens is 6. The summed E-state index contributed by atoms with van der Waals surface area (Å²) in [5, 5.41) is 3.75. The lowest BCUT2D eigenvalue weighted by molar-refractivity contribution is -0.119. The van der Waals surface area contributed by atoms with Crippen LogP contribution < -0.4 is 37.0 Å². The molecule has 0 atom stereocenters. The first-order chi connectivity index (χ1) is 54.0. The second-order valence-corrected chi connectivity index (χ2v) is 31.5. The van der Waals surface area contributed by atoms with Crippen molar-refractivity contribution in [2.24, 2.45) is 28.2 Å². The van der Waals surface area contributed by atoms with Crippen molar-refractivity contribution in [3.63, 3.8) is 0 Å². The van der Waals surface area contributed by atoms with E-state index in [4.69, 9.17) is 14.2 Å². The minimum absolute atomic E-state index is 0.000331. The molecule has 6 heterocycles. The standard InChI is InChI=1S/C24H30N2O2.C24H29NO3.2C23H22N2O3/c1-16-10-20(15-26(2)24(16)28)18-11-17-8-9-22(27)13-23(17)19(12-18)14-25-21-6-4-3-5-7-21;1-16-10-19(14-25(2)24(16)27)18-11-17-8-9-21(26)13-23(17)20(12-18)15-28-22-6-4-3-5-7-22;1-15-8-19(13-25(2)23(15)27)18-9-17-5-6-20(26)11-21(17)22(10-18)28-14-16-4-3-7-24-12-16;1-15-9-18(13-25(2)23(15)27)17-10-16-6-7-20(26)12-21(16)22(11-17)28-14-19-5-3-4-8-24-19/h10-12,15,21,25H,3-9,13-14H2,1-2H3;10-12,14,22H,3-9,13,15H2,1-2H3;3-4,7-10,12-13H,5-6,11,14H2,1-2H3;3-5,8-11,13H,6-7,12,14H2,1-2H3. The van der Waals surface area contributed by atoms with Crippen LogP contribution in [0.5, 0.6) is 11.5 Å². The van der Waals surface area contributed by atoms with E-state index in [1.165, 1.54) is 73.6 Å². The monoisotopic (exact) mass is 1510 g/mol. The van der Waals surface area contributed by atoms with Crippen molar-refractivity contribution in [1.29, 1.82) is 0 Å². The smallest absolute Gasteiger partial charge is 0.253 e. The quantitative estimate of drug-likeness (QED) is 0.0951. The number of Topliss-reactive ketones (excluding diaryl/α,β-unsaturated/α-hetero) is 4. The number of pyridine rings is 6. The summed E-state index contributed by atoms with van der Waals surface area (Å²) in [5.74, 6) is 2.59. The van der Waals surface area contributed by atoms with Gasteiger partial charge in [0.05, 0.1) is 18.4 Å². The van der Waals surface area contributed by atoms with E-state index in [1.54, 1.807) is 65.0 Å². The van der Waals surface area contributed by atoms with Gasteiger partial charge in [-0.15, -0.1) is 0 Å². The molecule has 16 rings (SSSR count). The molecule has 2 saturated carbocycles. The zero-order chi connectivity index (χ0) is 78.7. The van der Waals surface area contributed by atoms with Gasteiger partial charge < -0.3 is 37.8 Å². The molecular weight excluding hydrogens is 1400 g/mol.